The Kier molecular flexibility index (Phi) is 4.76. The van der Waals surface area contributed by atoms with Gasteiger partial charge in [-0.1, -0.05) is 6.07 Å². The van der Waals surface area contributed by atoms with Gasteiger partial charge in [0.2, 0.25) is 5.69 Å². The van der Waals surface area contributed by atoms with E-state index in [1.165, 1.54) is 12.1 Å². The topological polar surface area (TPSA) is 104 Å². The predicted octanol–water partition coefficient (Wildman–Crippen LogP) is 1.41. The molecule has 1 radical (unpaired) electrons. The van der Waals surface area contributed by atoms with Gasteiger partial charge in [0, 0.05) is 17.0 Å². The van der Waals surface area contributed by atoms with Crippen LogP contribution in [-0.2, 0) is 19.6 Å². The van der Waals surface area contributed by atoms with Crippen LogP contribution >= 0.6 is 0 Å². The van der Waals surface area contributed by atoms with Crippen molar-refractivity contribution in [2.75, 3.05) is 6.61 Å². The lowest BCUT2D eigenvalue weighted by atomic mass is 10.3. The van der Waals surface area contributed by atoms with E-state index in [1.807, 2.05) is 0 Å². The first-order chi connectivity index (χ1) is 8.77. The molecular weight excluding hydrogens is 274 g/mol. The molecule has 0 atom stereocenters. The van der Waals surface area contributed by atoms with E-state index in [2.05, 4.69) is 0 Å². The molecule has 1 rings (SSSR count). The van der Waals surface area contributed by atoms with E-state index in [4.69, 9.17) is 9.29 Å². The third-order valence-corrected chi connectivity index (χ3v) is 2.99. The molecule has 0 fully saturated rings. The van der Waals surface area contributed by atoms with Crippen molar-refractivity contribution in [1.82, 2.24) is 4.90 Å². The molecule has 0 aliphatic carbocycles. The van der Waals surface area contributed by atoms with Crippen molar-refractivity contribution in [2.45, 2.75) is 18.7 Å². The average molecular weight is 287 g/mol. The number of hydrogen-bond donors (Lipinski definition) is 1. The maximum absolute atomic E-state index is 11.6. The van der Waals surface area contributed by atoms with Gasteiger partial charge in [-0.05, 0) is 13.0 Å². The molecule has 0 spiro atoms. The SMILES string of the molecule is CCOC(=O)[N+](C(C)=O)c1cccc(S(=O)(=O)O)c1. The first-order valence-corrected chi connectivity index (χ1v) is 6.76. The fraction of sp³-hybridized carbons (Fsp3) is 0.273. The van der Waals surface area contributed by atoms with E-state index in [9.17, 15) is 18.0 Å². The summed E-state index contributed by atoms with van der Waals surface area (Å²) in [6.45, 7) is 2.78. The number of amides is 2. The molecule has 0 heterocycles. The van der Waals surface area contributed by atoms with Crippen LogP contribution in [0.2, 0.25) is 0 Å². The third-order valence-electron chi connectivity index (χ3n) is 2.14. The molecule has 0 aromatic heterocycles. The Morgan fingerprint density at radius 1 is 1.37 bits per heavy atom. The quantitative estimate of drug-likeness (QED) is 0.665. The first kappa shape index (κ1) is 15.3. The summed E-state index contributed by atoms with van der Waals surface area (Å²) >= 11 is 0. The monoisotopic (exact) mass is 287 g/mol. The highest BCUT2D eigenvalue weighted by Crippen LogP contribution is 2.20. The highest BCUT2D eigenvalue weighted by atomic mass is 32.2. The number of carbonyl (C=O) groups excluding carboxylic acids is 2. The Balaban J connectivity index is 3.25. The van der Waals surface area contributed by atoms with Gasteiger partial charge in [-0.25, -0.2) is 4.79 Å². The summed E-state index contributed by atoms with van der Waals surface area (Å²) in [5.41, 5.74) is 0.000995. The van der Waals surface area contributed by atoms with Crippen molar-refractivity contribution in [1.29, 1.82) is 0 Å². The Labute approximate surface area is 110 Å². The lowest BCUT2D eigenvalue weighted by Gasteiger charge is -2.05. The van der Waals surface area contributed by atoms with Crippen LogP contribution in [0, 0.1) is 0 Å². The molecule has 8 heteroatoms. The highest BCUT2D eigenvalue weighted by Gasteiger charge is 2.37. The number of ether oxygens (including phenoxy) is 1. The Bertz CT molecular complexity index is 595. The molecule has 1 aromatic carbocycles. The molecule has 0 aliphatic heterocycles. The van der Waals surface area contributed by atoms with Gasteiger partial charge in [-0.2, -0.15) is 13.2 Å². The molecule has 19 heavy (non-hydrogen) atoms. The van der Waals surface area contributed by atoms with Gasteiger partial charge < -0.3 is 4.74 Å². The van der Waals surface area contributed by atoms with Crippen LogP contribution in [0.25, 0.3) is 0 Å². The van der Waals surface area contributed by atoms with Gasteiger partial charge >= 0.3 is 12.0 Å². The van der Waals surface area contributed by atoms with Gasteiger partial charge in [0.25, 0.3) is 10.1 Å². The summed E-state index contributed by atoms with van der Waals surface area (Å²) < 4.78 is 35.6. The molecule has 103 valence electrons. The number of carbonyl (C=O) groups is 2. The average Bonchev–Trinajstić information content (AvgIpc) is 2.28. The standard InChI is InChI=1S/C11H13NO6S/c1-3-18-11(14)12(8(2)13)9-5-4-6-10(7-9)19(15,16)17/h4-7H,3H2,1-2H3,(H,15,16,17)/q+1. The van der Waals surface area contributed by atoms with E-state index in [1.54, 1.807) is 6.92 Å². The molecule has 0 saturated heterocycles. The number of imide groups is 1. The van der Waals surface area contributed by atoms with Gasteiger partial charge in [-0.15, -0.1) is 0 Å². The van der Waals surface area contributed by atoms with Crippen LogP contribution < -0.4 is 4.90 Å². The Hall–Kier alpha value is -1.77. The number of nitrogens with zero attached hydrogens (tertiary/aromatic N) is 1. The molecule has 0 saturated carbocycles. The second-order valence-corrected chi connectivity index (χ2v) is 4.95. The van der Waals surface area contributed by atoms with Crippen LogP contribution in [0.4, 0.5) is 10.5 Å². The van der Waals surface area contributed by atoms with Gasteiger partial charge in [-0.3, -0.25) is 4.55 Å². The minimum atomic E-state index is -4.41. The maximum atomic E-state index is 11.6. The summed E-state index contributed by atoms with van der Waals surface area (Å²) in [5.74, 6) is -0.633. The smallest absolute Gasteiger partial charge is 0.416 e. The zero-order valence-corrected chi connectivity index (χ0v) is 11.2. The van der Waals surface area contributed by atoms with Gasteiger partial charge in [0.15, 0.2) is 0 Å². The van der Waals surface area contributed by atoms with Crippen LogP contribution in [0.15, 0.2) is 29.2 Å². The fourth-order valence-corrected chi connectivity index (χ4v) is 1.91. The number of anilines is 1. The van der Waals surface area contributed by atoms with E-state index >= 15 is 0 Å². The number of hydrogen-bond acceptors (Lipinski definition) is 5. The summed E-state index contributed by atoms with van der Waals surface area (Å²) in [6, 6.07) is 4.80. The number of benzene rings is 1. The summed E-state index contributed by atoms with van der Waals surface area (Å²) in [4.78, 5) is 23.3. The summed E-state index contributed by atoms with van der Waals surface area (Å²) in [5, 5.41) is 0. The van der Waals surface area contributed by atoms with Crippen LogP contribution in [-0.4, -0.2) is 31.6 Å². The van der Waals surface area contributed by atoms with E-state index in [0.29, 0.717) is 4.90 Å². The van der Waals surface area contributed by atoms with E-state index < -0.39 is 27.0 Å². The first-order valence-electron chi connectivity index (χ1n) is 5.32. The van der Waals surface area contributed by atoms with Crippen LogP contribution in [0.3, 0.4) is 0 Å². The van der Waals surface area contributed by atoms with E-state index in [-0.39, 0.29) is 12.3 Å². The Morgan fingerprint density at radius 2 is 2.00 bits per heavy atom. The molecule has 1 aromatic rings. The normalized spacial score (nSPS) is 11.4. The molecule has 7 nitrogen and oxygen atoms in total. The zero-order chi connectivity index (χ0) is 14.6. The van der Waals surface area contributed by atoms with Crippen molar-refractivity contribution >= 4 is 27.8 Å². The minimum absolute atomic E-state index is 0.000995. The minimum Gasteiger partial charge on any atom is -0.416 e. The van der Waals surface area contributed by atoms with Crippen molar-refractivity contribution in [3.63, 3.8) is 0 Å². The largest absolute Gasteiger partial charge is 0.580 e. The second-order valence-electron chi connectivity index (χ2n) is 3.53. The maximum Gasteiger partial charge on any atom is 0.580 e. The summed E-state index contributed by atoms with van der Waals surface area (Å²) in [7, 11) is -4.41. The third kappa shape index (κ3) is 3.85. The lowest BCUT2D eigenvalue weighted by molar-refractivity contribution is -0.120. The van der Waals surface area contributed by atoms with E-state index in [0.717, 1.165) is 19.1 Å². The van der Waals surface area contributed by atoms with Gasteiger partial charge in [0.1, 0.15) is 4.90 Å². The van der Waals surface area contributed by atoms with Crippen molar-refractivity contribution in [3.05, 3.63) is 24.3 Å². The highest BCUT2D eigenvalue weighted by molar-refractivity contribution is 7.85. The fourth-order valence-electron chi connectivity index (χ4n) is 1.39. The Morgan fingerprint density at radius 3 is 2.47 bits per heavy atom. The second kappa shape index (κ2) is 5.91. The molecule has 2 amide bonds. The van der Waals surface area contributed by atoms with Crippen LogP contribution in [0.5, 0.6) is 0 Å². The van der Waals surface area contributed by atoms with Crippen LogP contribution in [0.1, 0.15) is 13.8 Å². The molecule has 1 N–H and O–H groups in total. The summed E-state index contributed by atoms with van der Waals surface area (Å²) in [6.07, 6.45) is -0.914. The molecule has 0 bridgehead atoms. The molecule has 0 aliphatic rings. The number of rotatable bonds is 3. The van der Waals surface area contributed by atoms with Gasteiger partial charge in [0.05, 0.1) is 13.5 Å². The zero-order valence-electron chi connectivity index (χ0n) is 10.4. The lowest BCUT2D eigenvalue weighted by Crippen LogP contribution is -2.37. The van der Waals surface area contributed by atoms with Crippen molar-refractivity contribution < 1.29 is 27.3 Å². The predicted molar refractivity (Wildman–Crippen MR) is 65.8 cm³/mol. The molecular formula is C11H13NO6S+. The van der Waals surface area contributed by atoms with Crippen molar-refractivity contribution in [2.24, 2.45) is 0 Å². The van der Waals surface area contributed by atoms with Crippen molar-refractivity contribution in [3.8, 4) is 0 Å². The molecule has 0 unspecified atom stereocenters.